The van der Waals surface area contributed by atoms with Gasteiger partial charge in [0.05, 0.1) is 0 Å². The Kier molecular flexibility index (Phi) is 5.67. The number of hydrogen-bond donors (Lipinski definition) is 0. The Morgan fingerprint density at radius 1 is 1.31 bits per heavy atom. The van der Waals surface area contributed by atoms with E-state index < -0.39 is 5.54 Å². The molecule has 0 spiro atoms. The molecule has 77 valence electrons. The average Bonchev–Trinajstić information content (AvgIpc) is 2.03. The second kappa shape index (κ2) is 5.95. The first-order chi connectivity index (χ1) is 6.00. The summed E-state index contributed by atoms with van der Waals surface area (Å²) >= 11 is 0. The average molecular weight is 186 g/mol. The molecule has 0 heterocycles. The van der Waals surface area contributed by atoms with Gasteiger partial charge in [-0.15, -0.1) is 0 Å². The van der Waals surface area contributed by atoms with Gasteiger partial charge in [-0.25, -0.2) is 0 Å². The number of unbranched alkanes of at least 4 members (excludes halogenated alkanes) is 4. The van der Waals surface area contributed by atoms with E-state index in [2.05, 4.69) is 6.92 Å². The minimum absolute atomic E-state index is 0.229. The molecular weight excluding hydrogens is 166 g/mol. The Morgan fingerprint density at radius 3 is 2.38 bits per heavy atom. The summed E-state index contributed by atoms with van der Waals surface area (Å²) in [4.78, 5) is 10.3. The summed E-state index contributed by atoms with van der Waals surface area (Å²) in [5.41, 5.74) is -0.855. The van der Waals surface area contributed by atoms with E-state index in [1.54, 1.807) is 13.8 Å². The molecule has 0 fully saturated rings. The van der Waals surface area contributed by atoms with Crippen LogP contribution in [-0.2, 0) is 0 Å². The molecule has 0 amide bonds. The molecular formula is C10H20NO2. The van der Waals surface area contributed by atoms with E-state index >= 15 is 0 Å². The molecule has 13 heavy (non-hydrogen) atoms. The van der Waals surface area contributed by atoms with Crippen LogP contribution in [0.1, 0.15) is 52.9 Å². The highest BCUT2D eigenvalue weighted by Gasteiger charge is 2.29. The van der Waals surface area contributed by atoms with E-state index in [0.29, 0.717) is 0 Å². The van der Waals surface area contributed by atoms with Crippen LogP contribution in [0.3, 0.4) is 0 Å². The third-order valence-corrected chi connectivity index (χ3v) is 2.17. The third kappa shape index (κ3) is 5.61. The van der Waals surface area contributed by atoms with Crippen LogP contribution in [0.4, 0.5) is 0 Å². The fraction of sp³-hybridized carbons (Fsp3) is 0.900. The molecule has 0 aromatic rings. The standard InChI is InChI=1S/C10H20NO2/c1-4-5-6-7-8-9-10(2,3)11(12)13/h9H,4-8H2,1-3H3. The van der Waals surface area contributed by atoms with Crippen molar-refractivity contribution in [2.75, 3.05) is 0 Å². The molecule has 3 nitrogen and oxygen atoms in total. The lowest BCUT2D eigenvalue weighted by Crippen LogP contribution is -2.31. The summed E-state index contributed by atoms with van der Waals surface area (Å²) in [6, 6.07) is 0. The van der Waals surface area contributed by atoms with Crippen molar-refractivity contribution in [3.8, 4) is 0 Å². The molecule has 0 aliphatic heterocycles. The van der Waals surface area contributed by atoms with Gasteiger partial charge in [-0.3, -0.25) is 10.1 Å². The van der Waals surface area contributed by atoms with Crippen LogP contribution in [0.15, 0.2) is 0 Å². The molecule has 0 saturated carbocycles. The molecule has 0 aromatic carbocycles. The number of nitro groups is 1. The smallest absolute Gasteiger partial charge is 0.220 e. The Balaban J connectivity index is 3.46. The minimum atomic E-state index is -0.855. The Labute approximate surface area is 80.7 Å². The van der Waals surface area contributed by atoms with Crippen molar-refractivity contribution in [1.82, 2.24) is 0 Å². The van der Waals surface area contributed by atoms with E-state index in [-0.39, 0.29) is 4.92 Å². The van der Waals surface area contributed by atoms with Gasteiger partial charge in [-0.2, -0.15) is 0 Å². The van der Waals surface area contributed by atoms with Crippen molar-refractivity contribution in [3.05, 3.63) is 16.5 Å². The summed E-state index contributed by atoms with van der Waals surface area (Å²) in [5.74, 6) is 0. The second-order valence-electron chi connectivity index (χ2n) is 3.96. The fourth-order valence-electron chi connectivity index (χ4n) is 1.10. The highest BCUT2D eigenvalue weighted by Crippen LogP contribution is 2.16. The van der Waals surface area contributed by atoms with E-state index in [0.717, 1.165) is 12.8 Å². The lowest BCUT2D eigenvalue weighted by molar-refractivity contribution is -0.550. The summed E-state index contributed by atoms with van der Waals surface area (Å²) in [7, 11) is 0. The van der Waals surface area contributed by atoms with E-state index in [1.807, 2.05) is 6.42 Å². The van der Waals surface area contributed by atoms with Gasteiger partial charge in [-0.1, -0.05) is 32.6 Å². The Hall–Kier alpha value is -0.600. The van der Waals surface area contributed by atoms with E-state index in [9.17, 15) is 10.1 Å². The zero-order chi connectivity index (χ0) is 10.3. The molecule has 0 aliphatic rings. The molecule has 0 saturated heterocycles. The van der Waals surface area contributed by atoms with Gasteiger partial charge in [0.1, 0.15) is 0 Å². The van der Waals surface area contributed by atoms with Crippen molar-refractivity contribution in [2.45, 2.75) is 58.4 Å². The molecule has 0 aliphatic carbocycles. The highest BCUT2D eigenvalue weighted by atomic mass is 16.6. The Bertz CT molecular complexity index is 155. The molecule has 0 atom stereocenters. The van der Waals surface area contributed by atoms with Gasteiger partial charge in [0.25, 0.3) is 0 Å². The summed E-state index contributed by atoms with van der Waals surface area (Å²) in [6.45, 7) is 5.45. The van der Waals surface area contributed by atoms with Crippen molar-refractivity contribution < 1.29 is 4.92 Å². The topological polar surface area (TPSA) is 43.1 Å². The van der Waals surface area contributed by atoms with E-state index in [1.165, 1.54) is 19.3 Å². The molecule has 0 bridgehead atoms. The van der Waals surface area contributed by atoms with Crippen molar-refractivity contribution in [3.63, 3.8) is 0 Å². The SMILES string of the molecule is CCCCCC[CH]C(C)(C)[N+](=O)[O-]. The second-order valence-corrected chi connectivity index (χ2v) is 3.96. The fourth-order valence-corrected chi connectivity index (χ4v) is 1.10. The minimum Gasteiger partial charge on any atom is -0.264 e. The maximum absolute atomic E-state index is 10.5. The van der Waals surface area contributed by atoms with Crippen molar-refractivity contribution in [2.24, 2.45) is 0 Å². The number of nitrogens with zero attached hydrogens (tertiary/aromatic N) is 1. The quantitative estimate of drug-likeness (QED) is 0.348. The van der Waals surface area contributed by atoms with Gasteiger partial charge < -0.3 is 0 Å². The Morgan fingerprint density at radius 2 is 1.92 bits per heavy atom. The van der Waals surface area contributed by atoms with Crippen molar-refractivity contribution >= 4 is 0 Å². The summed E-state index contributed by atoms with van der Waals surface area (Å²) in [6.07, 6.45) is 7.36. The maximum Gasteiger partial charge on any atom is 0.220 e. The third-order valence-electron chi connectivity index (χ3n) is 2.17. The van der Waals surface area contributed by atoms with Crippen LogP contribution >= 0.6 is 0 Å². The predicted molar refractivity (Wildman–Crippen MR) is 54.1 cm³/mol. The number of hydrogen-bond acceptors (Lipinski definition) is 2. The van der Waals surface area contributed by atoms with Crippen LogP contribution in [0.2, 0.25) is 0 Å². The molecule has 3 heteroatoms. The van der Waals surface area contributed by atoms with Gasteiger partial charge in [0, 0.05) is 25.2 Å². The summed E-state index contributed by atoms with van der Waals surface area (Å²) < 4.78 is 0. The predicted octanol–water partition coefficient (Wildman–Crippen LogP) is 3.22. The molecule has 0 unspecified atom stereocenters. The van der Waals surface area contributed by atoms with Crippen LogP contribution in [-0.4, -0.2) is 10.5 Å². The first-order valence-corrected chi connectivity index (χ1v) is 4.99. The molecule has 1 radical (unpaired) electrons. The summed E-state index contributed by atoms with van der Waals surface area (Å²) in [5, 5.41) is 10.5. The van der Waals surface area contributed by atoms with Gasteiger partial charge in [0.2, 0.25) is 5.54 Å². The first kappa shape index (κ1) is 12.4. The van der Waals surface area contributed by atoms with Crippen LogP contribution in [0.5, 0.6) is 0 Å². The zero-order valence-electron chi connectivity index (χ0n) is 8.88. The molecule has 0 aromatic heterocycles. The van der Waals surface area contributed by atoms with Crippen LogP contribution in [0, 0.1) is 16.5 Å². The largest absolute Gasteiger partial charge is 0.264 e. The zero-order valence-corrected chi connectivity index (χ0v) is 8.88. The highest BCUT2D eigenvalue weighted by molar-refractivity contribution is 4.84. The monoisotopic (exact) mass is 186 g/mol. The van der Waals surface area contributed by atoms with Crippen molar-refractivity contribution in [1.29, 1.82) is 0 Å². The van der Waals surface area contributed by atoms with Crippen LogP contribution < -0.4 is 0 Å². The molecule has 0 N–H and O–H groups in total. The first-order valence-electron chi connectivity index (χ1n) is 4.99. The molecule has 0 rings (SSSR count). The normalized spacial score (nSPS) is 11.6. The van der Waals surface area contributed by atoms with Gasteiger partial charge >= 0.3 is 0 Å². The maximum atomic E-state index is 10.5. The van der Waals surface area contributed by atoms with Gasteiger partial charge in [0.15, 0.2) is 0 Å². The van der Waals surface area contributed by atoms with E-state index in [4.69, 9.17) is 0 Å². The van der Waals surface area contributed by atoms with Gasteiger partial charge in [-0.05, 0) is 6.42 Å². The van der Waals surface area contributed by atoms with Crippen LogP contribution in [0.25, 0.3) is 0 Å². The lowest BCUT2D eigenvalue weighted by Gasteiger charge is -2.14. The number of rotatable bonds is 7. The lowest BCUT2D eigenvalue weighted by atomic mass is 9.97.